The van der Waals surface area contributed by atoms with E-state index < -0.39 is 0 Å². The minimum Gasteiger partial charge on any atom is -0.492 e. The van der Waals surface area contributed by atoms with Crippen molar-refractivity contribution in [2.24, 2.45) is 0 Å². The summed E-state index contributed by atoms with van der Waals surface area (Å²) < 4.78 is 8.18. The van der Waals surface area contributed by atoms with Crippen LogP contribution >= 0.6 is 0 Å². The molecule has 0 aliphatic carbocycles. The Hall–Kier alpha value is -3.60. The summed E-state index contributed by atoms with van der Waals surface area (Å²) in [5.41, 5.74) is 5.03. The number of amides is 1. The number of carbonyl (C=O) groups excluding carboxylic acids is 1. The van der Waals surface area contributed by atoms with Crippen molar-refractivity contribution in [3.8, 4) is 5.75 Å². The van der Waals surface area contributed by atoms with Crippen LogP contribution in [0.3, 0.4) is 0 Å². The highest BCUT2D eigenvalue weighted by Crippen LogP contribution is 2.18. The predicted octanol–water partition coefficient (Wildman–Crippen LogP) is 5.09. The van der Waals surface area contributed by atoms with Crippen molar-refractivity contribution in [3.05, 3.63) is 95.3 Å². The van der Waals surface area contributed by atoms with Gasteiger partial charge in [-0.05, 0) is 56.2 Å². The van der Waals surface area contributed by atoms with Gasteiger partial charge in [0.15, 0.2) is 0 Å². The molecule has 4 aromatic rings. The normalized spacial score (nSPS) is 10.9. The van der Waals surface area contributed by atoms with Crippen LogP contribution in [-0.4, -0.2) is 28.6 Å². The van der Waals surface area contributed by atoms with Gasteiger partial charge in [-0.1, -0.05) is 48.0 Å². The molecule has 5 heteroatoms. The van der Waals surface area contributed by atoms with Crippen LogP contribution in [0.1, 0.15) is 33.7 Å². The zero-order valence-electron chi connectivity index (χ0n) is 18.7. The second kappa shape index (κ2) is 10.1. The summed E-state index contributed by atoms with van der Waals surface area (Å²) in [6, 6.07) is 23.9. The third-order valence-electron chi connectivity index (χ3n) is 5.59. The maximum Gasteiger partial charge on any atom is 0.251 e. The van der Waals surface area contributed by atoms with E-state index in [1.807, 2.05) is 61.5 Å². The smallest absolute Gasteiger partial charge is 0.251 e. The Morgan fingerprint density at radius 3 is 2.53 bits per heavy atom. The van der Waals surface area contributed by atoms with Crippen LogP contribution in [0.15, 0.2) is 72.8 Å². The fraction of sp³-hybridized carbons (Fsp3) is 0.259. The SMILES string of the molecule is Cc1ccc(OCCn2c(CCCNC(=O)c3ccccc3C)nc3ccccc32)cc1. The lowest BCUT2D eigenvalue weighted by molar-refractivity contribution is 0.0952. The van der Waals surface area contributed by atoms with Crippen LogP contribution in [0.25, 0.3) is 11.0 Å². The van der Waals surface area contributed by atoms with Crippen molar-refractivity contribution in [1.29, 1.82) is 0 Å². The molecule has 3 aromatic carbocycles. The number of aryl methyl sites for hydroxylation is 3. The number of nitrogens with one attached hydrogen (secondary N) is 1. The van der Waals surface area contributed by atoms with Crippen molar-refractivity contribution in [3.63, 3.8) is 0 Å². The van der Waals surface area contributed by atoms with E-state index in [9.17, 15) is 4.79 Å². The van der Waals surface area contributed by atoms with Crippen LogP contribution in [0.2, 0.25) is 0 Å². The average Bonchev–Trinajstić information content (AvgIpc) is 3.15. The molecule has 1 heterocycles. The van der Waals surface area contributed by atoms with Crippen molar-refractivity contribution >= 4 is 16.9 Å². The quantitative estimate of drug-likeness (QED) is 0.378. The molecule has 0 unspecified atom stereocenters. The Kier molecular flexibility index (Phi) is 6.85. The number of fused-ring (bicyclic) bond motifs is 1. The Labute approximate surface area is 189 Å². The lowest BCUT2D eigenvalue weighted by Gasteiger charge is -2.12. The number of imidazole rings is 1. The molecule has 0 aliphatic rings. The minimum atomic E-state index is -0.0249. The molecular weight excluding hydrogens is 398 g/mol. The molecule has 32 heavy (non-hydrogen) atoms. The van der Waals surface area contributed by atoms with E-state index in [0.29, 0.717) is 13.2 Å². The van der Waals surface area contributed by atoms with E-state index in [0.717, 1.165) is 53.1 Å². The Balaban J connectivity index is 1.37. The fourth-order valence-corrected chi connectivity index (χ4v) is 3.83. The summed E-state index contributed by atoms with van der Waals surface area (Å²) in [5.74, 6) is 1.87. The second-order valence-electron chi connectivity index (χ2n) is 8.00. The van der Waals surface area contributed by atoms with Gasteiger partial charge in [0.25, 0.3) is 5.91 Å². The molecule has 0 aliphatic heterocycles. The second-order valence-corrected chi connectivity index (χ2v) is 8.00. The first-order valence-electron chi connectivity index (χ1n) is 11.1. The van der Waals surface area contributed by atoms with Gasteiger partial charge in [-0.15, -0.1) is 0 Å². The molecule has 1 aromatic heterocycles. The zero-order valence-corrected chi connectivity index (χ0v) is 18.7. The molecule has 0 spiro atoms. The maximum atomic E-state index is 12.4. The first kappa shape index (κ1) is 21.6. The number of hydrogen-bond acceptors (Lipinski definition) is 3. The van der Waals surface area contributed by atoms with E-state index in [4.69, 9.17) is 9.72 Å². The van der Waals surface area contributed by atoms with Gasteiger partial charge in [0.05, 0.1) is 17.6 Å². The van der Waals surface area contributed by atoms with Gasteiger partial charge in [0, 0.05) is 18.5 Å². The van der Waals surface area contributed by atoms with Crippen LogP contribution in [0.4, 0.5) is 0 Å². The highest BCUT2D eigenvalue weighted by molar-refractivity contribution is 5.95. The van der Waals surface area contributed by atoms with Gasteiger partial charge in [0.2, 0.25) is 0 Å². The number of carbonyl (C=O) groups is 1. The lowest BCUT2D eigenvalue weighted by atomic mass is 10.1. The molecule has 0 fully saturated rings. The molecule has 0 atom stereocenters. The van der Waals surface area contributed by atoms with E-state index in [-0.39, 0.29) is 5.91 Å². The largest absolute Gasteiger partial charge is 0.492 e. The van der Waals surface area contributed by atoms with Crippen LogP contribution in [-0.2, 0) is 13.0 Å². The van der Waals surface area contributed by atoms with Crippen molar-refractivity contribution in [2.75, 3.05) is 13.2 Å². The Morgan fingerprint density at radius 2 is 1.72 bits per heavy atom. The van der Waals surface area contributed by atoms with Crippen LogP contribution in [0.5, 0.6) is 5.75 Å². The fourth-order valence-electron chi connectivity index (χ4n) is 3.83. The molecule has 1 amide bonds. The van der Waals surface area contributed by atoms with Gasteiger partial charge >= 0.3 is 0 Å². The number of nitrogens with zero attached hydrogens (tertiary/aromatic N) is 2. The molecule has 0 saturated heterocycles. The number of para-hydroxylation sites is 2. The van der Waals surface area contributed by atoms with Gasteiger partial charge in [-0.2, -0.15) is 0 Å². The topological polar surface area (TPSA) is 56.1 Å². The molecule has 4 rings (SSSR count). The predicted molar refractivity (Wildman–Crippen MR) is 128 cm³/mol. The lowest BCUT2D eigenvalue weighted by Crippen LogP contribution is -2.25. The average molecular weight is 428 g/mol. The van der Waals surface area contributed by atoms with Crippen molar-refractivity contribution in [1.82, 2.24) is 14.9 Å². The first-order valence-corrected chi connectivity index (χ1v) is 11.1. The van der Waals surface area contributed by atoms with E-state index in [1.54, 1.807) is 0 Å². The van der Waals surface area contributed by atoms with Gasteiger partial charge < -0.3 is 14.6 Å². The first-order chi connectivity index (χ1) is 15.6. The summed E-state index contributed by atoms with van der Waals surface area (Å²) in [7, 11) is 0. The molecule has 5 nitrogen and oxygen atoms in total. The summed E-state index contributed by atoms with van der Waals surface area (Å²) in [5, 5.41) is 3.03. The maximum absolute atomic E-state index is 12.4. The number of ether oxygens (including phenoxy) is 1. The van der Waals surface area contributed by atoms with Crippen molar-refractivity contribution < 1.29 is 9.53 Å². The standard InChI is InChI=1S/C27H29N3O2/c1-20-13-15-22(16-14-20)32-19-18-30-25-11-6-5-10-24(25)29-26(30)12-7-17-28-27(31)23-9-4-3-8-21(23)2/h3-6,8-11,13-16H,7,12,17-19H2,1-2H3,(H,28,31). The summed E-state index contributed by atoms with van der Waals surface area (Å²) in [6.45, 7) is 5.92. The monoisotopic (exact) mass is 427 g/mol. The van der Waals surface area contributed by atoms with Gasteiger partial charge in [-0.25, -0.2) is 4.98 Å². The molecule has 0 bridgehead atoms. The third-order valence-corrected chi connectivity index (χ3v) is 5.59. The van der Waals surface area contributed by atoms with E-state index in [1.165, 1.54) is 5.56 Å². The Morgan fingerprint density at radius 1 is 0.969 bits per heavy atom. The highest BCUT2D eigenvalue weighted by atomic mass is 16.5. The van der Waals surface area contributed by atoms with Gasteiger partial charge in [-0.3, -0.25) is 4.79 Å². The summed E-state index contributed by atoms with van der Waals surface area (Å²) in [4.78, 5) is 17.3. The van der Waals surface area contributed by atoms with Crippen LogP contribution in [0, 0.1) is 13.8 Å². The molecule has 164 valence electrons. The third kappa shape index (κ3) is 5.17. The van der Waals surface area contributed by atoms with E-state index >= 15 is 0 Å². The minimum absolute atomic E-state index is 0.0249. The zero-order chi connectivity index (χ0) is 22.3. The van der Waals surface area contributed by atoms with E-state index in [2.05, 4.69) is 35.0 Å². The molecule has 1 N–H and O–H groups in total. The molecular formula is C27H29N3O2. The molecule has 0 saturated carbocycles. The van der Waals surface area contributed by atoms with Gasteiger partial charge in [0.1, 0.15) is 18.2 Å². The van der Waals surface area contributed by atoms with Crippen LogP contribution < -0.4 is 10.1 Å². The molecule has 0 radical (unpaired) electrons. The number of benzene rings is 3. The summed E-state index contributed by atoms with van der Waals surface area (Å²) in [6.07, 6.45) is 1.60. The Bertz CT molecular complexity index is 1200. The number of rotatable bonds is 9. The number of aromatic nitrogens is 2. The number of hydrogen-bond donors (Lipinski definition) is 1. The summed E-state index contributed by atoms with van der Waals surface area (Å²) >= 11 is 0. The highest BCUT2D eigenvalue weighted by Gasteiger charge is 2.11. The van der Waals surface area contributed by atoms with Crippen molar-refractivity contribution in [2.45, 2.75) is 33.2 Å².